The lowest BCUT2D eigenvalue weighted by Gasteiger charge is -2.39. The first-order valence-electron chi connectivity index (χ1n) is 6.15. The second-order valence-electron chi connectivity index (χ2n) is 4.62. The van der Waals surface area contributed by atoms with Crippen LogP contribution in [0, 0.1) is 11.3 Å². The average molecular weight is 256 g/mol. The second-order valence-corrected chi connectivity index (χ2v) is 5.03. The SMILES string of the molecule is CCCCC1(C(C)CC)C(=O)NC(=S)NC1=O. The molecule has 17 heavy (non-hydrogen) atoms. The molecule has 1 aliphatic rings. The zero-order valence-electron chi connectivity index (χ0n) is 10.6. The molecular weight excluding hydrogens is 236 g/mol. The molecule has 1 saturated heterocycles. The normalized spacial score (nSPS) is 20.8. The molecule has 0 aromatic rings. The average Bonchev–Trinajstić information content (AvgIpc) is 2.27. The molecule has 5 heteroatoms. The van der Waals surface area contributed by atoms with Gasteiger partial charge in [-0.3, -0.25) is 9.59 Å². The number of hydrogen-bond donors (Lipinski definition) is 2. The third-order valence-corrected chi connectivity index (χ3v) is 3.85. The summed E-state index contributed by atoms with van der Waals surface area (Å²) in [7, 11) is 0. The first-order chi connectivity index (χ1) is 7.98. The van der Waals surface area contributed by atoms with E-state index in [0.29, 0.717) is 6.42 Å². The van der Waals surface area contributed by atoms with Crippen molar-refractivity contribution in [2.24, 2.45) is 11.3 Å². The predicted molar refractivity (Wildman–Crippen MR) is 70.3 cm³/mol. The first-order valence-corrected chi connectivity index (χ1v) is 6.56. The number of amides is 2. The van der Waals surface area contributed by atoms with Gasteiger partial charge in [0.2, 0.25) is 11.8 Å². The van der Waals surface area contributed by atoms with Crippen LogP contribution >= 0.6 is 12.2 Å². The van der Waals surface area contributed by atoms with E-state index in [9.17, 15) is 9.59 Å². The summed E-state index contributed by atoms with van der Waals surface area (Å²) in [5, 5.41) is 5.29. The molecule has 4 nitrogen and oxygen atoms in total. The predicted octanol–water partition coefficient (Wildman–Crippen LogP) is 1.74. The fraction of sp³-hybridized carbons (Fsp3) is 0.750. The lowest BCUT2D eigenvalue weighted by atomic mass is 9.69. The van der Waals surface area contributed by atoms with Crippen molar-refractivity contribution in [2.75, 3.05) is 0 Å². The van der Waals surface area contributed by atoms with Crippen molar-refractivity contribution in [3.8, 4) is 0 Å². The smallest absolute Gasteiger partial charge is 0.242 e. The number of rotatable bonds is 5. The molecule has 0 radical (unpaired) electrons. The number of nitrogens with one attached hydrogen (secondary N) is 2. The van der Waals surface area contributed by atoms with Gasteiger partial charge in [-0.15, -0.1) is 0 Å². The van der Waals surface area contributed by atoms with E-state index < -0.39 is 5.41 Å². The van der Waals surface area contributed by atoms with E-state index in [1.165, 1.54) is 0 Å². The fourth-order valence-corrected chi connectivity index (χ4v) is 2.47. The van der Waals surface area contributed by atoms with Crippen LogP contribution in [0.3, 0.4) is 0 Å². The maximum atomic E-state index is 12.2. The molecule has 96 valence electrons. The molecule has 1 unspecified atom stereocenters. The Morgan fingerprint density at radius 3 is 2.18 bits per heavy atom. The molecule has 1 heterocycles. The van der Waals surface area contributed by atoms with E-state index in [-0.39, 0.29) is 22.8 Å². The van der Waals surface area contributed by atoms with Crippen molar-refractivity contribution >= 4 is 29.1 Å². The number of unbranched alkanes of at least 4 members (excludes halogenated alkanes) is 1. The van der Waals surface area contributed by atoms with E-state index in [0.717, 1.165) is 19.3 Å². The van der Waals surface area contributed by atoms with Crippen LogP contribution in [-0.2, 0) is 9.59 Å². The highest BCUT2D eigenvalue weighted by molar-refractivity contribution is 7.80. The molecule has 2 N–H and O–H groups in total. The highest BCUT2D eigenvalue weighted by Crippen LogP contribution is 2.37. The van der Waals surface area contributed by atoms with Crippen LogP contribution in [0.2, 0.25) is 0 Å². The van der Waals surface area contributed by atoms with Gasteiger partial charge in [0.1, 0.15) is 5.41 Å². The summed E-state index contributed by atoms with van der Waals surface area (Å²) in [4.78, 5) is 24.4. The van der Waals surface area contributed by atoms with Crippen LogP contribution in [0.1, 0.15) is 46.5 Å². The summed E-state index contributed by atoms with van der Waals surface area (Å²) < 4.78 is 0. The molecule has 2 amide bonds. The summed E-state index contributed by atoms with van der Waals surface area (Å²) in [6.07, 6.45) is 3.19. The van der Waals surface area contributed by atoms with Crippen LogP contribution in [0.5, 0.6) is 0 Å². The van der Waals surface area contributed by atoms with E-state index in [1.807, 2.05) is 20.8 Å². The Balaban J connectivity index is 3.06. The van der Waals surface area contributed by atoms with Crippen LogP contribution in [0.4, 0.5) is 0 Å². The van der Waals surface area contributed by atoms with Gasteiger partial charge >= 0.3 is 0 Å². The quantitative estimate of drug-likeness (QED) is 0.582. The van der Waals surface area contributed by atoms with Crippen molar-refractivity contribution in [3.63, 3.8) is 0 Å². The third-order valence-electron chi connectivity index (χ3n) is 3.64. The maximum Gasteiger partial charge on any atom is 0.242 e. The Labute approximate surface area is 108 Å². The van der Waals surface area contributed by atoms with Crippen LogP contribution < -0.4 is 10.6 Å². The van der Waals surface area contributed by atoms with Crippen molar-refractivity contribution < 1.29 is 9.59 Å². The minimum atomic E-state index is -0.951. The summed E-state index contributed by atoms with van der Waals surface area (Å²) in [6, 6.07) is 0. The molecule has 0 saturated carbocycles. The highest BCUT2D eigenvalue weighted by atomic mass is 32.1. The van der Waals surface area contributed by atoms with Crippen LogP contribution in [0.25, 0.3) is 0 Å². The minimum absolute atomic E-state index is 0.0112. The molecule has 0 aromatic carbocycles. The van der Waals surface area contributed by atoms with Crippen molar-refractivity contribution in [1.82, 2.24) is 10.6 Å². The van der Waals surface area contributed by atoms with Gasteiger partial charge in [0, 0.05) is 0 Å². The summed E-state index contributed by atoms with van der Waals surface area (Å²) in [6.45, 7) is 5.99. The largest absolute Gasteiger partial charge is 0.302 e. The number of hydrogen-bond acceptors (Lipinski definition) is 3. The lowest BCUT2D eigenvalue weighted by Crippen LogP contribution is -2.64. The Bertz CT molecular complexity index is 321. The fourth-order valence-electron chi connectivity index (χ4n) is 2.29. The van der Waals surface area contributed by atoms with Gasteiger partial charge in [-0.25, -0.2) is 0 Å². The second kappa shape index (κ2) is 5.58. The van der Waals surface area contributed by atoms with Crippen LogP contribution in [-0.4, -0.2) is 16.9 Å². The van der Waals surface area contributed by atoms with E-state index >= 15 is 0 Å². The van der Waals surface area contributed by atoms with Gasteiger partial charge in [-0.1, -0.05) is 40.0 Å². The molecule has 1 atom stereocenters. The Kier molecular flexibility index (Phi) is 4.62. The zero-order chi connectivity index (χ0) is 13.1. The van der Waals surface area contributed by atoms with E-state index in [1.54, 1.807) is 0 Å². The summed E-state index contributed by atoms with van der Waals surface area (Å²) in [5.74, 6) is -0.472. The summed E-state index contributed by atoms with van der Waals surface area (Å²) >= 11 is 4.83. The molecule has 0 aliphatic carbocycles. The summed E-state index contributed by atoms with van der Waals surface area (Å²) in [5.41, 5.74) is -0.951. The maximum absolute atomic E-state index is 12.2. The monoisotopic (exact) mass is 256 g/mol. The lowest BCUT2D eigenvalue weighted by molar-refractivity contribution is -0.148. The highest BCUT2D eigenvalue weighted by Gasteiger charge is 2.51. The number of carbonyl (C=O) groups is 2. The van der Waals surface area contributed by atoms with E-state index in [2.05, 4.69) is 10.6 Å². The number of carbonyl (C=O) groups excluding carboxylic acids is 2. The van der Waals surface area contributed by atoms with Crippen LogP contribution in [0.15, 0.2) is 0 Å². The molecular formula is C12H20N2O2S. The Morgan fingerprint density at radius 1 is 1.24 bits per heavy atom. The molecule has 0 spiro atoms. The van der Waals surface area contributed by atoms with Gasteiger partial charge in [-0.2, -0.15) is 0 Å². The zero-order valence-corrected chi connectivity index (χ0v) is 11.4. The topological polar surface area (TPSA) is 58.2 Å². The molecule has 1 rings (SSSR count). The van der Waals surface area contributed by atoms with E-state index in [4.69, 9.17) is 12.2 Å². The van der Waals surface area contributed by atoms with Crippen molar-refractivity contribution in [2.45, 2.75) is 46.5 Å². The Hall–Kier alpha value is -0.970. The van der Waals surface area contributed by atoms with Gasteiger partial charge in [0.15, 0.2) is 5.11 Å². The first kappa shape index (κ1) is 14.1. The van der Waals surface area contributed by atoms with Crippen molar-refractivity contribution in [3.05, 3.63) is 0 Å². The van der Waals surface area contributed by atoms with Gasteiger partial charge in [-0.05, 0) is 24.6 Å². The Morgan fingerprint density at radius 2 is 1.76 bits per heavy atom. The molecule has 1 fully saturated rings. The third kappa shape index (κ3) is 2.49. The molecule has 0 aromatic heterocycles. The molecule has 1 aliphatic heterocycles. The number of thiocarbonyl (C=S) groups is 1. The van der Waals surface area contributed by atoms with Gasteiger partial charge < -0.3 is 10.6 Å². The molecule has 0 bridgehead atoms. The van der Waals surface area contributed by atoms with Gasteiger partial charge in [0.25, 0.3) is 0 Å². The van der Waals surface area contributed by atoms with Crippen molar-refractivity contribution in [1.29, 1.82) is 0 Å². The minimum Gasteiger partial charge on any atom is -0.302 e. The standard InChI is InChI=1S/C12H20N2O2S/c1-4-6-7-12(8(3)5-2)9(15)13-11(17)14-10(12)16/h8H,4-7H2,1-3H3,(H2,13,14,15,16,17). The van der Waals surface area contributed by atoms with Gasteiger partial charge in [0.05, 0.1) is 0 Å².